The molecule has 5 rings (SSSR count). The van der Waals surface area contributed by atoms with Crippen LogP contribution in [0.15, 0.2) is 65.6 Å². The van der Waals surface area contributed by atoms with Crippen molar-refractivity contribution in [3.05, 3.63) is 77.6 Å². The first kappa shape index (κ1) is 25.6. The molecule has 198 valence electrons. The van der Waals surface area contributed by atoms with Crippen LogP contribution in [0.4, 0.5) is 4.79 Å². The van der Waals surface area contributed by atoms with Gasteiger partial charge in [-0.05, 0) is 48.2 Å². The molecule has 0 radical (unpaired) electrons. The standard InChI is InChI=1S/C28H30N4O5S/c1-3-19-7-11-22(12-8-19)38(34,35)31-28(33)29-14-13-20-5-9-21(10-6-20)32-24-18-26-25(36-15-16-37-26)17-23(24)30-27(32)4-2/h5-12,17-18H,3-4,13-16H2,1-2H3,(H2,29,31,33). The number of aryl methyl sites for hydroxylation is 2. The quantitative estimate of drug-likeness (QED) is 0.351. The maximum atomic E-state index is 12.5. The lowest BCUT2D eigenvalue weighted by Crippen LogP contribution is -2.40. The summed E-state index contributed by atoms with van der Waals surface area (Å²) < 4.78 is 40.6. The summed E-state index contributed by atoms with van der Waals surface area (Å²) in [6, 6.07) is 17.6. The van der Waals surface area contributed by atoms with Crippen molar-refractivity contribution in [2.75, 3.05) is 19.8 Å². The molecule has 2 N–H and O–H groups in total. The molecule has 0 bridgehead atoms. The Morgan fingerprint density at radius 3 is 2.24 bits per heavy atom. The number of carbonyl (C=O) groups is 1. The average molecular weight is 535 g/mol. The zero-order valence-corrected chi connectivity index (χ0v) is 22.2. The second kappa shape index (κ2) is 10.7. The Morgan fingerprint density at radius 2 is 1.58 bits per heavy atom. The van der Waals surface area contributed by atoms with Gasteiger partial charge in [0.05, 0.1) is 15.9 Å². The van der Waals surface area contributed by atoms with Crippen LogP contribution in [0.5, 0.6) is 11.5 Å². The first-order chi connectivity index (χ1) is 18.4. The molecule has 0 saturated heterocycles. The van der Waals surface area contributed by atoms with Crippen LogP contribution in [0, 0.1) is 0 Å². The minimum Gasteiger partial charge on any atom is -0.486 e. The van der Waals surface area contributed by atoms with Gasteiger partial charge in [0.25, 0.3) is 10.0 Å². The summed E-state index contributed by atoms with van der Waals surface area (Å²) in [5.74, 6) is 2.36. The summed E-state index contributed by atoms with van der Waals surface area (Å²) in [7, 11) is -3.93. The highest BCUT2D eigenvalue weighted by molar-refractivity contribution is 7.90. The van der Waals surface area contributed by atoms with E-state index in [4.69, 9.17) is 14.5 Å². The number of rotatable bonds is 8. The summed E-state index contributed by atoms with van der Waals surface area (Å²) in [6.07, 6.45) is 2.11. The molecule has 4 aromatic rings. The Labute approximate surface area is 221 Å². The Balaban J connectivity index is 1.23. The van der Waals surface area contributed by atoms with E-state index in [1.807, 2.05) is 43.3 Å². The van der Waals surface area contributed by atoms with Gasteiger partial charge in [-0.25, -0.2) is 22.9 Å². The molecule has 0 unspecified atom stereocenters. The molecule has 10 heteroatoms. The van der Waals surface area contributed by atoms with Crippen molar-refractivity contribution in [3.8, 4) is 17.2 Å². The van der Waals surface area contributed by atoms with Crippen molar-refractivity contribution in [1.29, 1.82) is 0 Å². The summed E-state index contributed by atoms with van der Waals surface area (Å²) in [5.41, 5.74) is 4.79. The van der Waals surface area contributed by atoms with Gasteiger partial charge in [0.15, 0.2) is 11.5 Å². The van der Waals surface area contributed by atoms with Crippen molar-refractivity contribution in [2.45, 2.75) is 38.0 Å². The number of sulfonamides is 1. The Bertz CT molecular complexity index is 1560. The number of benzene rings is 3. The lowest BCUT2D eigenvalue weighted by molar-refractivity contribution is 0.172. The van der Waals surface area contributed by atoms with Crippen LogP contribution in [0.1, 0.15) is 30.8 Å². The second-order valence-electron chi connectivity index (χ2n) is 8.98. The van der Waals surface area contributed by atoms with Crippen LogP contribution in [0.3, 0.4) is 0 Å². The largest absolute Gasteiger partial charge is 0.486 e. The van der Waals surface area contributed by atoms with Crippen LogP contribution in [-0.2, 0) is 29.3 Å². The highest BCUT2D eigenvalue weighted by Crippen LogP contribution is 2.36. The highest BCUT2D eigenvalue weighted by atomic mass is 32.2. The third-order valence-corrected chi connectivity index (χ3v) is 7.81. The molecule has 0 fully saturated rings. The molecular formula is C28H30N4O5S. The van der Waals surface area contributed by atoms with Crippen LogP contribution in [0.2, 0.25) is 0 Å². The molecule has 1 aliphatic rings. The lowest BCUT2D eigenvalue weighted by Gasteiger charge is -2.18. The third-order valence-electron chi connectivity index (χ3n) is 6.47. The first-order valence-electron chi connectivity index (χ1n) is 12.7. The summed E-state index contributed by atoms with van der Waals surface area (Å²) in [5, 5.41) is 2.62. The molecule has 1 aromatic heterocycles. The highest BCUT2D eigenvalue weighted by Gasteiger charge is 2.19. The fraction of sp³-hybridized carbons (Fsp3) is 0.286. The molecule has 2 amide bonds. The van der Waals surface area contributed by atoms with E-state index in [0.29, 0.717) is 31.1 Å². The Morgan fingerprint density at radius 1 is 0.921 bits per heavy atom. The van der Waals surface area contributed by atoms with E-state index in [9.17, 15) is 13.2 Å². The fourth-order valence-corrected chi connectivity index (χ4v) is 5.37. The Hall–Kier alpha value is -4.05. The van der Waals surface area contributed by atoms with Gasteiger partial charge >= 0.3 is 6.03 Å². The molecule has 0 saturated carbocycles. The van der Waals surface area contributed by atoms with Gasteiger partial charge in [-0.3, -0.25) is 4.57 Å². The molecule has 0 atom stereocenters. The van der Waals surface area contributed by atoms with Gasteiger partial charge in [0.1, 0.15) is 19.0 Å². The predicted octanol–water partition coefficient (Wildman–Crippen LogP) is 4.15. The number of nitrogens with one attached hydrogen (secondary N) is 2. The van der Waals surface area contributed by atoms with Crippen molar-refractivity contribution < 1.29 is 22.7 Å². The summed E-state index contributed by atoms with van der Waals surface area (Å²) in [6.45, 7) is 5.39. The summed E-state index contributed by atoms with van der Waals surface area (Å²) >= 11 is 0. The third kappa shape index (κ3) is 5.31. The molecule has 38 heavy (non-hydrogen) atoms. The van der Waals surface area contributed by atoms with Crippen molar-refractivity contribution in [1.82, 2.24) is 19.6 Å². The lowest BCUT2D eigenvalue weighted by atomic mass is 10.1. The van der Waals surface area contributed by atoms with E-state index < -0.39 is 16.1 Å². The van der Waals surface area contributed by atoms with Gasteiger partial charge in [0.2, 0.25) is 0 Å². The molecule has 0 aliphatic carbocycles. The topological polar surface area (TPSA) is 112 Å². The van der Waals surface area contributed by atoms with E-state index in [-0.39, 0.29) is 11.4 Å². The normalized spacial score (nSPS) is 12.9. The SMILES string of the molecule is CCc1ccc(S(=O)(=O)NC(=O)NCCc2ccc(-n3c(CC)nc4cc5c(cc43)OCCO5)cc2)cc1. The number of fused-ring (bicyclic) bond motifs is 2. The molecule has 2 heterocycles. The van der Waals surface area contributed by atoms with E-state index in [1.54, 1.807) is 12.1 Å². The van der Waals surface area contributed by atoms with E-state index in [1.165, 1.54) is 12.1 Å². The number of amides is 2. The molecule has 0 spiro atoms. The van der Waals surface area contributed by atoms with Crippen molar-refractivity contribution in [3.63, 3.8) is 0 Å². The average Bonchev–Trinajstić information content (AvgIpc) is 3.29. The number of urea groups is 1. The zero-order valence-electron chi connectivity index (χ0n) is 21.4. The minimum atomic E-state index is -3.93. The van der Waals surface area contributed by atoms with Crippen LogP contribution in [0.25, 0.3) is 16.7 Å². The number of hydrogen-bond donors (Lipinski definition) is 2. The van der Waals surface area contributed by atoms with Crippen LogP contribution >= 0.6 is 0 Å². The smallest absolute Gasteiger partial charge is 0.328 e. The van der Waals surface area contributed by atoms with Crippen molar-refractivity contribution in [2.24, 2.45) is 0 Å². The van der Waals surface area contributed by atoms with E-state index >= 15 is 0 Å². The number of aromatic nitrogens is 2. The predicted molar refractivity (Wildman–Crippen MR) is 145 cm³/mol. The van der Waals surface area contributed by atoms with Crippen molar-refractivity contribution >= 4 is 27.1 Å². The van der Waals surface area contributed by atoms with E-state index in [2.05, 4.69) is 21.5 Å². The number of nitrogens with zero attached hydrogens (tertiary/aromatic N) is 2. The molecular weight excluding hydrogens is 504 g/mol. The number of carbonyl (C=O) groups excluding carboxylic acids is 1. The monoisotopic (exact) mass is 534 g/mol. The maximum absolute atomic E-state index is 12.5. The van der Waals surface area contributed by atoms with Gasteiger partial charge in [-0.2, -0.15) is 0 Å². The Kier molecular flexibility index (Phi) is 7.24. The van der Waals surface area contributed by atoms with Gasteiger partial charge < -0.3 is 14.8 Å². The maximum Gasteiger partial charge on any atom is 0.328 e. The fourth-order valence-electron chi connectivity index (χ4n) is 4.44. The minimum absolute atomic E-state index is 0.0542. The van der Waals surface area contributed by atoms with Gasteiger partial charge in [-0.15, -0.1) is 0 Å². The zero-order chi connectivity index (χ0) is 26.7. The number of hydrogen-bond acceptors (Lipinski definition) is 6. The number of imidazole rings is 1. The summed E-state index contributed by atoms with van der Waals surface area (Å²) in [4.78, 5) is 17.1. The van der Waals surface area contributed by atoms with Gasteiger partial charge in [0, 0.05) is 30.8 Å². The van der Waals surface area contributed by atoms with E-state index in [0.717, 1.165) is 46.5 Å². The first-order valence-corrected chi connectivity index (χ1v) is 14.2. The molecule has 9 nitrogen and oxygen atoms in total. The number of ether oxygens (including phenoxy) is 2. The van der Waals surface area contributed by atoms with Crippen LogP contribution < -0.4 is 19.5 Å². The molecule has 3 aromatic carbocycles. The van der Waals surface area contributed by atoms with Crippen LogP contribution in [-0.4, -0.2) is 43.8 Å². The molecule has 1 aliphatic heterocycles. The second-order valence-corrected chi connectivity index (χ2v) is 10.7. The van der Waals surface area contributed by atoms with Gasteiger partial charge in [-0.1, -0.05) is 38.1 Å².